The highest BCUT2D eigenvalue weighted by Crippen LogP contribution is 2.34. The normalized spacial score (nSPS) is 25.1. The van der Waals surface area contributed by atoms with E-state index in [0.29, 0.717) is 12.2 Å². The minimum Gasteiger partial charge on any atom is -0.450 e. The third kappa shape index (κ3) is 6.84. The number of esters is 1. The molecule has 0 unspecified atom stereocenters. The van der Waals surface area contributed by atoms with E-state index in [9.17, 15) is 4.79 Å². The summed E-state index contributed by atoms with van der Waals surface area (Å²) in [5, 5.41) is 8.01. The molecule has 5 atom stereocenters. The average Bonchev–Trinajstić information content (AvgIpc) is 2.80. The van der Waals surface area contributed by atoms with Crippen LogP contribution in [0.1, 0.15) is 22.8 Å². The standard InChI is InChI=1S/C24H27Cl3N2O5/c1-15-19(31-14-16-10-6-4-7-11-16)18(29(2)3)20(22(32-15)34-23(28)24(25,26)27)33-21(30)17-12-8-5-9-13-17/h4-13,15,18-20,22,28H,14H2,1-3H3/t15-,18+,19-,20-,22-/m1/s1. The molecule has 1 fully saturated rings. The van der Waals surface area contributed by atoms with E-state index in [4.69, 9.17) is 59.2 Å². The smallest absolute Gasteiger partial charge is 0.338 e. The van der Waals surface area contributed by atoms with Gasteiger partial charge in [-0.15, -0.1) is 0 Å². The molecule has 34 heavy (non-hydrogen) atoms. The van der Waals surface area contributed by atoms with Crippen LogP contribution in [0.25, 0.3) is 0 Å². The van der Waals surface area contributed by atoms with Gasteiger partial charge >= 0.3 is 5.97 Å². The Morgan fingerprint density at radius 2 is 1.59 bits per heavy atom. The first kappa shape index (κ1) is 26.7. The van der Waals surface area contributed by atoms with Gasteiger partial charge in [0.2, 0.25) is 12.2 Å². The molecule has 10 heteroatoms. The Hall–Kier alpha value is -1.87. The molecule has 0 spiro atoms. The Labute approximate surface area is 214 Å². The second kappa shape index (κ2) is 11.7. The zero-order valence-electron chi connectivity index (χ0n) is 19.0. The molecule has 1 aliphatic heterocycles. The van der Waals surface area contributed by atoms with Crippen molar-refractivity contribution in [2.45, 2.75) is 48.0 Å². The van der Waals surface area contributed by atoms with E-state index < -0.39 is 46.3 Å². The lowest BCUT2D eigenvalue weighted by Crippen LogP contribution is -2.64. The first-order valence-electron chi connectivity index (χ1n) is 10.6. The summed E-state index contributed by atoms with van der Waals surface area (Å²) in [5.74, 6) is -1.22. The summed E-state index contributed by atoms with van der Waals surface area (Å²) in [6.45, 7) is 2.15. The number of ether oxygens (including phenoxy) is 4. The fourth-order valence-electron chi connectivity index (χ4n) is 3.75. The van der Waals surface area contributed by atoms with Crippen LogP contribution < -0.4 is 0 Å². The van der Waals surface area contributed by atoms with Crippen molar-refractivity contribution in [3.05, 3.63) is 71.8 Å². The number of hydrogen-bond donors (Lipinski definition) is 1. The first-order valence-corrected chi connectivity index (χ1v) is 11.8. The third-order valence-electron chi connectivity index (χ3n) is 5.38. The van der Waals surface area contributed by atoms with E-state index in [1.165, 1.54) is 0 Å². The van der Waals surface area contributed by atoms with Gasteiger partial charge in [-0.2, -0.15) is 0 Å². The highest BCUT2D eigenvalue weighted by atomic mass is 35.6. The molecule has 0 aromatic heterocycles. The van der Waals surface area contributed by atoms with Crippen molar-refractivity contribution in [1.29, 1.82) is 5.41 Å². The minimum atomic E-state index is -2.10. The van der Waals surface area contributed by atoms with Gasteiger partial charge in [0.25, 0.3) is 3.79 Å². The van der Waals surface area contributed by atoms with Crippen LogP contribution in [-0.4, -0.2) is 65.3 Å². The summed E-state index contributed by atoms with van der Waals surface area (Å²) in [5.41, 5.74) is 1.34. The Bertz CT molecular complexity index is 956. The van der Waals surface area contributed by atoms with Crippen molar-refractivity contribution in [1.82, 2.24) is 4.90 Å². The van der Waals surface area contributed by atoms with E-state index in [0.717, 1.165) is 5.56 Å². The molecule has 3 rings (SSSR count). The predicted octanol–water partition coefficient (Wildman–Crippen LogP) is 4.84. The molecular weight excluding hydrogens is 503 g/mol. The van der Waals surface area contributed by atoms with Crippen molar-refractivity contribution in [2.75, 3.05) is 14.1 Å². The van der Waals surface area contributed by atoms with E-state index in [1.54, 1.807) is 30.3 Å². The molecule has 1 aliphatic rings. The lowest BCUT2D eigenvalue weighted by molar-refractivity contribution is -0.267. The first-order chi connectivity index (χ1) is 16.1. The quantitative estimate of drug-likeness (QED) is 0.239. The second-order valence-corrected chi connectivity index (χ2v) is 10.4. The molecule has 2 aromatic rings. The molecule has 0 bridgehead atoms. The molecule has 0 saturated carbocycles. The van der Waals surface area contributed by atoms with E-state index in [1.807, 2.05) is 56.3 Å². The van der Waals surface area contributed by atoms with E-state index >= 15 is 0 Å². The topological polar surface area (TPSA) is 81.1 Å². The third-order valence-corrected chi connectivity index (χ3v) is 5.89. The Morgan fingerprint density at radius 3 is 2.15 bits per heavy atom. The van der Waals surface area contributed by atoms with Crippen LogP contribution in [0.15, 0.2) is 60.7 Å². The van der Waals surface area contributed by atoms with Gasteiger partial charge in [0, 0.05) is 0 Å². The van der Waals surface area contributed by atoms with Gasteiger partial charge in [-0.3, -0.25) is 5.41 Å². The maximum Gasteiger partial charge on any atom is 0.338 e. The van der Waals surface area contributed by atoms with Crippen LogP contribution in [0.4, 0.5) is 0 Å². The van der Waals surface area contributed by atoms with Gasteiger partial charge in [-0.1, -0.05) is 83.3 Å². The Morgan fingerprint density at radius 1 is 1.00 bits per heavy atom. The van der Waals surface area contributed by atoms with Gasteiger partial charge in [0.15, 0.2) is 6.10 Å². The zero-order valence-corrected chi connectivity index (χ0v) is 21.3. The Kier molecular flexibility index (Phi) is 9.20. The number of carbonyl (C=O) groups excluding carboxylic acids is 1. The number of halogens is 3. The summed E-state index contributed by atoms with van der Waals surface area (Å²) in [7, 11) is 3.67. The second-order valence-electron chi connectivity index (χ2n) is 8.11. The van der Waals surface area contributed by atoms with Gasteiger partial charge in [-0.25, -0.2) is 4.79 Å². The summed E-state index contributed by atoms with van der Waals surface area (Å²) in [6.07, 6.45) is -3.18. The monoisotopic (exact) mass is 528 g/mol. The van der Waals surface area contributed by atoms with Gasteiger partial charge in [0.05, 0.1) is 24.3 Å². The van der Waals surface area contributed by atoms with E-state index in [-0.39, 0.29) is 0 Å². The molecule has 0 aliphatic carbocycles. The molecular formula is C24H27Cl3N2O5. The summed E-state index contributed by atoms with van der Waals surface area (Å²) in [4.78, 5) is 14.8. The van der Waals surface area contributed by atoms with Gasteiger partial charge < -0.3 is 23.8 Å². The highest BCUT2D eigenvalue weighted by molar-refractivity contribution is 6.76. The maximum atomic E-state index is 13.0. The van der Waals surface area contributed by atoms with Crippen molar-refractivity contribution >= 4 is 46.7 Å². The van der Waals surface area contributed by atoms with Crippen LogP contribution in [0.3, 0.4) is 0 Å². The molecule has 1 saturated heterocycles. The molecule has 184 valence electrons. The number of nitrogens with zero attached hydrogens (tertiary/aromatic N) is 1. The van der Waals surface area contributed by atoms with Crippen LogP contribution in [0, 0.1) is 5.41 Å². The molecule has 7 nitrogen and oxygen atoms in total. The van der Waals surface area contributed by atoms with Crippen molar-refractivity contribution in [3.8, 4) is 0 Å². The Balaban J connectivity index is 1.89. The maximum absolute atomic E-state index is 13.0. The van der Waals surface area contributed by atoms with Crippen LogP contribution in [-0.2, 0) is 25.6 Å². The van der Waals surface area contributed by atoms with E-state index in [2.05, 4.69) is 0 Å². The number of hydrogen-bond acceptors (Lipinski definition) is 7. The lowest BCUT2D eigenvalue weighted by Gasteiger charge is -2.47. The molecule has 1 N–H and O–H groups in total. The fourth-order valence-corrected chi connectivity index (χ4v) is 3.88. The average molecular weight is 530 g/mol. The van der Waals surface area contributed by atoms with Gasteiger partial charge in [-0.05, 0) is 38.7 Å². The lowest BCUT2D eigenvalue weighted by atomic mass is 9.95. The highest BCUT2D eigenvalue weighted by Gasteiger charge is 2.51. The zero-order chi connectivity index (χ0) is 24.9. The van der Waals surface area contributed by atoms with Crippen molar-refractivity contribution < 1.29 is 23.7 Å². The summed E-state index contributed by atoms with van der Waals surface area (Å²) >= 11 is 17.4. The van der Waals surface area contributed by atoms with Gasteiger partial charge in [0.1, 0.15) is 6.10 Å². The largest absolute Gasteiger partial charge is 0.450 e. The molecule has 0 radical (unpaired) electrons. The van der Waals surface area contributed by atoms with Crippen molar-refractivity contribution in [2.24, 2.45) is 0 Å². The number of nitrogens with one attached hydrogen (secondary N) is 1. The van der Waals surface area contributed by atoms with Crippen LogP contribution in [0.2, 0.25) is 0 Å². The summed E-state index contributed by atoms with van der Waals surface area (Å²) < 4.78 is 21.6. The minimum absolute atomic E-state index is 0.332. The number of rotatable bonds is 7. The van der Waals surface area contributed by atoms with Crippen LogP contribution in [0.5, 0.6) is 0 Å². The number of benzene rings is 2. The molecule has 0 amide bonds. The summed E-state index contributed by atoms with van der Waals surface area (Å²) in [6, 6.07) is 17.8. The van der Waals surface area contributed by atoms with Crippen LogP contribution >= 0.6 is 34.8 Å². The molecule has 2 aromatic carbocycles. The number of carbonyl (C=O) groups is 1. The fraction of sp³-hybridized carbons (Fsp3) is 0.417. The predicted molar refractivity (Wildman–Crippen MR) is 132 cm³/mol. The number of alkyl halides is 3. The molecule has 1 heterocycles. The van der Waals surface area contributed by atoms with Crippen molar-refractivity contribution in [3.63, 3.8) is 0 Å². The SMILES string of the molecule is C[C@H]1O[C@H](OC(=N)C(Cl)(Cl)Cl)[C@H](OC(=O)c2ccccc2)[C@@H](N(C)C)[C@@H]1OCc1ccccc1. The number of likely N-dealkylation sites (N-methyl/N-ethyl adjacent to an activating group) is 1.